The Morgan fingerprint density at radius 2 is 2.09 bits per heavy atom. The van der Waals surface area contributed by atoms with Crippen molar-refractivity contribution >= 4 is 11.6 Å². The van der Waals surface area contributed by atoms with E-state index in [0.717, 1.165) is 0 Å². The molecule has 2 N–H and O–H groups in total. The minimum absolute atomic E-state index is 0.489. The molecule has 0 spiro atoms. The molecule has 0 unspecified atom stereocenters. The van der Waals surface area contributed by atoms with Gasteiger partial charge in [0.25, 0.3) is 0 Å². The molecule has 0 aliphatic heterocycles. The van der Waals surface area contributed by atoms with Gasteiger partial charge in [-0.3, -0.25) is 5.73 Å². The van der Waals surface area contributed by atoms with Crippen molar-refractivity contribution in [1.82, 2.24) is 0 Å². The Hall–Kier alpha value is -0.470. The van der Waals surface area contributed by atoms with Crippen molar-refractivity contribution in [3.05, 3.63) is 23.4 Å². The molecule has 3 heteroatoms. The highest BCUT2D eigenvalue weighted by Crippen LogP contribution is 2.15. The number of rotatable bonds is 3. The van der Waals surface area contributed by atoms with Gasteiger partial charge in [-0.15, -0.1) is 0 Å². The van der Waals surface area contributed by atoms with Gasteiger partial charge in [-0.25, -0.2) is 0 Å². The summed E-state index contributed by atoms with van der Waals surface area (Å²) in [5.74, 6) is 0.592. The summed E-state index contributed by atoms with van der Waals surface area (Å²) < 4.78 is 5.24. The highest BCUT2D eigenvalue weighted by atomic mass is 35.5. The molecule has 0 bridgehead atoms. The molecule has 0 rings (SSSR count). The lowest BCUT2D eigenvalue weighted by Crippen LogP contribution is -2.34. The molecule has 0 fully saturated rings. The summed E-state index contributed by atoms with van der Waals surface area (Å²) in [6.45, 7) is 8.76. The van der Waals surface area contributed by atoms with E-state index in [4.69, 9.17) is 22.1 Å². The second-order valence-electron chi connectivity index (χ2n) is 2.81. The first-order chi connectivity index (χ1) is 4.87. The molecule has 0 atom stereocenters. The van der Waals surface area contributed by atoms with Crippen LogP contribution >= 0.6 is 11.6 Å². The largest absolute Gasteiger partial charge is 0.477 e. The normalized spacial score (nSPS) is 13.9. The van der Waals surface area contributed by atoms with Crippen LogP contribution < -0.4 is 5.73 Å². The highest BCUT2D eigenvalue weighted by Gasteiger charge is 2.12. The molecular formula is C8H14ClNO. The van der Waals surface area contributed by atoms with Gasteiger partial charge in [0.15, 0.2) is 5.72 Å². The zero-order valence-corrected chi connectivity index (χ0v) is 7.90. The second kappa shape index (κ2) is 3.79. The van der Waals surface area contributed by atoms with Crippen molar-refractivity contribution in [3.63, 3.8) is 0 Å². The lowest BCUT2D eigenvalue weighted by Gasteiger charge is -2.21. The van der Waals surface area contributed by atoms with Gasteiger partial charge in [-0.1, -0.05) is 18.2 Å². The lowest BCUT2D eigenvalue weighted by atomic mass is 10.3. The number of hydrogen-bond donors (Lipinski definition) is 1. The van der Waals surface area contributed by atoms with Crippen LogP contribution in [-0.4, -0.2) is 5.72 Å². The standard InChI is InChI=1S/C8H14ClNO/c1-5-7(9)6(2)11-8(3,4)10/h5H,1,10H2,2-4H3/b7-6-. The molecule has 11 heavy (non-hydrogen) atoms. The van der Waals surface area contributed by atoms with E-state index >= 15 is 0 Å². The van der Waals surface area contributed by atoms with Crippen molar-refractivity contribution in [2.24, 2.45) is 5.73 Å². The van der Waals surface area contributed by atoms with E-state index < -0.39 is 5.72 Å². The predicted molar refractivity (Wildman–Crippen MR) is 48.1 cm³/mol. The molecule has 0 radical (unpaired) electrons. The topological polar surface area (TPSA) is 35.2 Å². The van der Waals surface area contributed by atoms with Gasteiger partial charge < -0.3 is 4.74 Å². The maximum absolute atomic E-state index is 5.70. The minimum Gasteiger partial charge on any atom is -0.477 e. The van der Waals surface area contributed by atoms with E-state index in [-0.39, 0.29) is 0 Å². The smallest absolute Gasteiger partial charge is 0.152 e. The maximum atomic E-state index is 5.70. The molecule has 0 amide bonds. The van der Waals surface area contributed by atoms with Gasteiger partial charge in [0, 0.05) is 0 Å². The quantitative estimate of drug-likeness (QED) is 0.406. The first-order valence-corrected chi connectivity index (χ1v) is 3.71. The summed E-state index contributed by atoms with van der Waals surface area (Å²) in [5, 5.41) is 0.489. The maximum Gasteiger partial charge on any atom is 0.152 e. The molecule has 0 saturated carbocycles. The van der Waals surface area contributed by atoms with Crippen LogP contribution in [0.2, 0.25) is 0 Å². The average molecular weight is 176 g/mol. The SMILES string of the molecule is C=C/C(Cl)=C(\C)OC(C)(C)N. The van der Waals surface area contributed by atoms with E-state index in [2.05, 4.69) is 6.58 Å². The molecule has 0 aliphatic rings. The van der Waals surface area contributed by atoms with E-state index in [1.54, 1.807) is 20.8 Å². The third-order valence-corrected chi connectivity index (χ3v) is 1.35. The Balaban J connectivity index is 4.28. The summed E-state index contributed by atoms with van der Waals surface area (Å²) in [6, 6.07) is 0. The molecule has 0 aliphatic carbocycles. The summed E-state index contributed by atoms with van der Waals surface area (Å²) in [4.78, 5) is 0. The van der Waals surface area contributed by atoms with Crippen molar-refractivity contribution in [3.8, 4) is 0 Å². The minimum atomic E-state index is -0.687. The first-order valence-electron chi connectivity index (χ1n) is 3.33. The van der Waals surface area contributed by atoms with Gasteiger partial charge >= 0.3 is 0 Å². The number of hydrogen-bond acceptors (Lipinski definition) is 2. The molecule has 0 aromatic rings. The van der Waals surface area contributed by atoms with Crippen LogP contribution in [0.5, 0.6) is 0 Å². The molecule has 0 heterocycles. The van der Waals surface area contributed by atoms with E-state index in [0.29, 0.717) is 10.8 Å². The van der Waals surface area contributed by atoms with E-state index in [1.807, 2.05) is 0 Å². The summed E-state index contributed by atoms with van der Waals surface area (Å²) >= 11 is 5.70. The van der Waals surface area contributed by atoms with Crippen LogP contribution in [0.4, 0.5) is 0 Å². The Bertz CT molecular complexity index is 179. The zero-order chi connectivity index (χ0) is 9.07. The van der Waals surface area contributed by atoms with Crippen molar-refractivity contribution in [1.29, 1.82) is 0 Å². The molecule has 2 nitrogen and oxygen atoms in total. The molecule has 0 saturated heterocycles. The number of ether oxygens (including phenoxy) is 1. The zero-order valence-electron chi connectivity index (χ0n) is 7.15. The summed E-state index contributed by atoms with van der Waals surface area (Å²) in [6.07, 6.45) is 1.52. The molecule has 0 aromatic heterocycles. The summed E-state index contributed by atoms with van der Waals surface area (Å²) in [5.41, 5.74) is 4.89. The Morgan fingerprint density at radius 1 is 1.64 bits per heavy atom. The number of halogens is 1. The van der Waals surface area contributed by atoms with E-state index in [9.17, 15) is 0 Å². The van der Waals surface area contributed by atoms with Crippen molar-refractivity contribution in [2.75, 3.05) is 0 Å². The third-order valence-electron chi connectivity index (χ3n) is 0.932. The van der Waals surface area contributed by atoms with Gasteiger partial charge in [0.2, 0.25) is 0 Å². The van der Waals surface area contributed by atoms with Gasteiger partial charge in [-0.05, 0) is 26.8 Å². The fraction of sp³-hybridized carbons (Fsp3) is 0.500. The fourth-order valence-electron chi connectivity index (χ4n) is 0.587. The Morgan fingerprint density at radius 3 is 2.36 bits per heavy atom. The monoisotopic (exact) mass is 175 g/mol. The van der Waals surface area contributed by atoms with Crippen LogP contribution in [-0.2, 0) is 4.74 Å². The predicted octanol–water partition coefficient (Wildman–Crippen LogP) is 2.35. The van der Waals surface area contributed by atoms with Gasteiger partial charge in [0.05, 0.1) is 5.03 Å². The van der Waals surface area contributed by atoms with Crippen molar-refractivity contribution in [2.45, 2.75) is 26.5 Å². The van der Waals surface area contributed by atoms with Gasteiger partial charge in [0.1, 0.15) is 5.76 Å². The molecule has 0 aromatic carbocycles. The van der Waals surface area contributed by atoms with E-state index in [1.165, 1.54) is 6.08 Å². The van der Waals surface area contributed by atoms with Crippen LogP contribution in [0.1, 0.15) is 20.8 Å². The Kier molecular flexibility index (Phi) is 3.63. The average Bonchev–Trinajstić information content (AvgIpc) is 1.82. The van der Waals surface area contributed by atoms with Crippen LogP contribution in [0.3, 0.4) is 0 Å². The highest BCUT2D eigenvalue weighted by molar-refractivity contribution is 6.31. The van der Waals surface area contributed by atoms with Crippen LogP contribution in [0.15, 0.2) is 23.4 Å². The van der Waals surface area contributed by atoms with Crippen LogP contribution in [0, 0.1) is 0 Å². The number of allylic oxidation sites excluding steroid dienone is 3. The summed E-state index contributed by atoms with van der Waals surface area (Å²) in [7, 11) is 0. The molecular weight excluding hydrogens is 162 g/mol. The number of nitrogens with two attached hydrogens (primary N) is 1. The molecule has 64 valence electrons. The van der Waals surface area contributed by atoms with Crippen LogP contribution in [0.25, 0.3) is 0 Å². The van der Waals surface area contributed by atoms with Crippen molar-refractivity contribution < 1.29 is 4.74 Å². The lowest BCUT2D eigenvalue weighted by molar-refractivity contribution is 0.0416. The third kappa shape index (κ3) is 4.87. The van der Waals surface area contributed by atoms with Gasteiger partial charge in [-0.2, -0.15) is 0 Å². The first kappa shape index (κ1) is 10.5. The Labute approximate surface area is 72.7 Å². The second-order valence-corrected chi connectivity index (χ2v) is 3.22. The fourth-order valence-corrected chi connectivity index (χ4v) is 0.626.